The molecule has 2 atom stereocenters. The molecule has 2 saturated carbocycles. The molecule has 3 heteroatoms. The number of nitrogens with two attached hydrogens (primary N) is 1. The van der Waals surface area contributed by atoms with Crippen LogP contribution in [0.15, 0.2) is 0 Å². The Morgan fingerprint density at radius 2 is 1.94 bits per heavy atom. The Kier molecular flexibility index (Phi) is 3.18. The molecule has 3 N–H and O–H groups in total. The normalized spacial score (nSPS) is 40.2. The van der Waals surface area contributed by atoms with Crippen LogP contribution in [-0.4, -0.2) is 41.7 Å². The van der Waals surface area contributed by atoms with Crippen molar-refractivity contribution in [1.82, 2.24) is 10.2 Å². The fourth-order valence-electron chi connectivity index (χ4n) is 3.96. The molecule has 1 saturated heterocycles. The summed E-state index contributed by atoms with van der Waals surface area (Å²) in [6, 6.07) is 2.34. The molecule has 3 fully saturated rings. The van der Waals surface area contributed by atoms with Gasteiger partial charge in [-0.3, -0.25) is 4.90 Å². The van der Waals surface area contributed by atoms with Gasteiger partial charge in [-0.25, -0.2) is 0 Å². The van der Waals surface area contributed by atoms with Gasteiger partial charge in [0.05, 0.1) is 0 Å². The maximum Gasteiger partial charge on any atom is 0.0449 e. The Balaban J connectivity index is 1.65. The van der Waals surface area contributed by atoms with Gasteiger partial charge in [-0.05, 0) is 39.0 Å². The van der Waals surface area contributed by atoms with E-state index in [2.05, 4.69) is 17.1 Å². The van der Waals surface area contributed by atoms with E-state index in [4.69, 9.17) is 5.73 Å². The minimum absolute atomic E-state index is 0.219. The molecule has 3 aliphatic rings. The quantitative estimate of drug-likeness (QED) is 0.778. The molecular weight excluding hydrogens is 210 g/mol. The molecule has 1 heterocycles. The summed E-state index contributed by atoms with van der Waals surface area (Å²) in [6.45, 7) is 4.37. The molecule has 3 nitrogen and oxygen atoms in total. The fourth-order valence-corrected chi connectivity index (χ4v) is 3.96. The highest BCUT2D eigenvalue weighted by molar-refractivity contribution is 5.06. The van der Waals surface area contributed by atoms with Gasteiger partial charge in [-0.2, -0.15) is 0 Å². The molecule has 0 spiro atoms. The van der Waals surface area contributed by atoms with Crippen LogP contribution in [-0.2, 0) is 0 Å². The van der Waals surface area contributed by atoms with Gasteiger partial charge in [0, 0.05) is 36.8 Å². The van der Waals surface area contributed by atoms with Gasteiger partial charge < -0.3 is 11.1 Å². The SMILES string of the molecule is CC1CC(CN)(NC2CCCC2)CN1C1CC1. The van der Waals surface area contributed by atoms with Gasteiger partial charge in [0.1, 0.15) is 0 Å². The number of likely N-dealkylation sites (tertiary alicyclic amines) is 1. The van der Waals surface area contributed by atoms with Crippen LogP contribution in [0, 0.1) is 0 Å². The molecule has 98 valence electrons. The number of hydrogen-bond donors (Lipinski definition) is 2. The zero-order valence-electron chi connectivity index (χ0n) is 11.1. The summed E-state index contributed by atoms with van der Waals surface area (Å²) < 4.78 is 0. The van der Waals surface area contributed by atoms with E-state index in [0.29, 0.717) is 0 Å². The van der Waals surface area contributed by atoms with Crippen molar-refractivity contribution in [3.05, 3.63) is 0 Å². The van der Waals surface area contributed by atoms with Crippen molar-refractivity contribution in [1.29, 1.82) is 0 Å². The van der Waals surface area contributed by atoms with Crippen molar-refractivity contribution in [2.24, 2.45) is 5.73 Å². The first-order chi connectivity index (χ1) is 8.22. The van der Waals surface area contributed by atoms with Crippen LogP contribution in [0.1, 0.15) is 51.9 Å². The summed E-state index contributed by atoms with van der Waals surface area (Å²) in [4.78, 5) is 2.70. The molecule has 2 aliphatic carbocycles. The first kappa shape index (κ1) is 11.9. The van der Waals surface area contributed by atoms with Gasteiger partial charge in [0.25, 0.3) is 0 Å². The highest BCUT2D eigenvalue weighted by Gasteiger charge is 2.46. The molecular formula is C14H27N3. The van der Waals surface area contributed by atoms with E-state index in [1.807, 2.05) is 0 Å². The van der Waals surface area contributed by atoms with Crippen molar-refractivity contribution >= 4 is 0 Å². The van der Waals surface area contributed by atoms with Crippen molar-refractivity contribution in [2.75, 3.05) is 13.1 Å². The first-order valence-electron chi connectivity index (χ1n) is 7.46. The molecule has 3 rings (SSSR count). The fraction of sp³-hybridized carbons (Fsp3) is 1.00. The summed E-state index contributed by atoms with van der Waals surface area (Å²) in [5, 5.41) is 3.92. The molecule has 0 bridgehead atoms. The van der Waals surface area contributed by atoms with Crippen molar-refractivity contribution in [2.45, 2.75) is 75.5 Å². The molecule has 0 radical (unpaired) electrons. The average molecular weight is 237 g/mol. The molecule has 1 aliphatic heterocycles. The topological polar surface area (TPSA) is 41.3 Å². The predicted octanol–water partition coefficient (Wildman–Crippen LogP) is 1.47. The third-order valence-corrected chi connectivity index (χ3v) is 5.01. The molecule has 0 aromatic heterocycles. The van der Waals surface area contributed by atoms with Crippen LogP contribution >= 0.6 is 0 Å². The molecule has 17 heavy (non-hydrogen) atoms. The molecule has 0 aromatic carbocycles. The van der Waals surface area contributed by atoms with Crippen LogP contribution < -0.4 is 11.1 Å². The zero-order valence-corrected chi connectivity index (χ0v) is 11.1. The monoisotopic (exact) mass is 237 g/mol. The second kappa shape index (κ2) is 4.52. The van der Waals surface area contributed by atoms with Crippen LogP contribution in [0.3, 0.4) is 0 Å². The Morgan fingerprint density at radius 3 is 2.53 bits per heavy atom. The van der Waals surface area contributed by atoms with E-state index < -0.39 is 0 Å². The summed E-state index contributed by atoms with van der Waals surface area (Å²) in [5.41, 5.74) is 6.32. The van der Waals surface area contributed by atoms with E-state index in [1.165, 1.54) is 51.5 Å². The van der Waals surface area contributed by atoms with E-state index >= 15 is 0 Å². The van der Waals surface area contributed by atoms with Gasteiger partial charge in [0.15, 0.2) is 0 Å². The highest BCUT2D eigenvalue weighted by atomic mass is 15.3. The van der Waals surface area contributed by atoms with E-state index in [9.17, 15) is 0 Å². The third kappa shape index (κ3) is 2.38. The second-order valence-corrected chi connectivity index (χ2v) is 6.57. The van der Waals surface area contributed by atoms with Gasteiger partial charge in [-0.15, -0.1) is 0 Å². The molecule has 0 aromatic rings. The average Bonchev–Trinajstić information content (AvgIpc) is 2.94. The van der Waals surface area contributed by atoms with Gasteiger partial charge in [0.2, 0.25) is 0 Å². The van der Waals surface area contributed by atoms with Crippen molar-refractivity contribution in [3.8, 4) is 0 Å². The maximum absolute atomic E-state index is 6.10. The lowest BCUT2D eigenvalue weighted by molar-refractivity contribution is 0.234. The molecule has 0 amide bonds. The first-order valence-corrected chi connectivity index (χ1v) is 7.46. The standard InChI is InChI=1S/C14H27N3/c1-11-8-14(9-15,10-17(11)13-6-7-13)16-12-4-2-3-5-12/h11-13,16H,2-10,15H2,1H3. The van der Waals surface area contributed by atoms with Crippen molar-refractivity contribution in [3.63, 3.8) is 0 Å². The summed E-state index contributed by atoms with van der Waals surface area (Å²) in [7, 11) is 0. The van der Waals surface area contributed by atoms with Crippen LogP contribution in [0.4, 0.5) is 0 Å². The molecule has 2 unspecified atom stereocenters. The zero-order chi connectivity index (χ0) is 11.9. The maximum atomic E-state index is 6.10. The number of nitrogens with zero attached hydrogens (tertiary/aromatic N) is 1. The minimum atomic E-state index is 0.219. The highest BCUT2D eigenvalue weighted by Crippen LogP contribution is 2.37. The Labute approximate surface area is 105 Å². The summed E-state index contributed by atoms with van der Waals surface area (Å²) >= 11 is 0. The van der Waals surface area contributed by atoms with E-state index in [-0.39, 0.29) is 5.54 Å². The number of rotatable bonds is 4. The van der Waals surface area contributed by atoms with E-state index in [1.54, 1.807) is 0 Å². The minimum Gasteiger partial charge on any atom is -0.329 e. The summed E-state index contributed by atoms with van der Waals surface area (Å²) in [6.07, 6.45) is 9.60. The Hall–Kier alpha value is -0.120. The number of hydrogen-bond acceptors (Lipinski definition) is 3. The lowest BCUT2D eigenvalue weighted by Gasteiger charge is -2.33. The van der Waals surface area contributed by atoms with Crippen LogP contribution in [0.25, 0.3) is 0 Å². The second-order valence-electron chi connectivity index (χ2n) is 6.57. The van der Waals surface area contributed by atoms with E-state index in [0.717, 1.165) is 24.7 Å². The lowest BCUT2D eigenvalue weighted by Crippen LogP contribution is -2.56. The van der Waals surface area contributed by atoms with Crippen LogP contribution in [0.2, 0.25) is 0 Å². The Morgan fingerprint density at radius 1 is 1.24 bits per heavy atom. The Bertz CT molecular complexity index is 267. The smallest absolute Gasteiger partial charge is 0.0449 e. The predicted molar refractivity (Wildman–Crippen MR) is 71.0 cm³/mol. The number of nitrogens with one attached hydrogen (secondary N) is 1. The van der Waals surface area contributed by atoms with Gasteiger partial charge >= 0.3 is 0 Å². The third-order valence-electron chi connectivity index (χ3n) is 5.01. The largest absolute Gasteiger partial charge is 0.329 e. The summed E-state index contributed by atoms with van der Waals surface area (Å²) in [5.74, 6) is 0. The van der Waals surface area contributed by atoms with Gasteiger partial charge in [-0.1, -0.05) is 12.8 Å². The van der Waals surface area contributed by atoms with Crippen LogP contribution in [0.5, 0.6) is 0 Å². The lowest BCUT2D eigenvalue weighted by atomic mass is 9.95. The van der Waals surface area contributed by atoms with Crippen molar-refractivity contribution < 1.29 is 0 Å².